The van der Waals surface area contributed by atoms with E-state index in [-0.39, 0.29) is 11.5 Å². The Morgan fingerprint density at radius 3 is 2.63 bits per heavy atom. The van der Waals surface area contributed by atoms with Crippen LogP contribution in [0.5, 0.6) is 0 Å². The second-order valence-electron chi connectivity index (χ2n) is 6.63. The van der Waals surface area contributed by atoms with E-state index < -0.39 is 0 Å². The van der Waals surface area contributed by atoms with Gasteiger partial charge in [-0.25, -0.2) is 0 Å². The molecular weight excluding hydrogens is 240 g/mol. The summed E-state index contributed by atoms with van der Waals surface area (Å²) in [5.74, 6) is 0.892. The molecule has 1 aliphatic carbocycles. The van der Waals surface area contributed by atoms with E-state index in [1.165, 1.54) is 25.7 Å². The first-order chi connectivity index (χ1) is 9.02. The lowest BCUT2D eigenvalue weighted by Crippen LogP contribution is -2.44. The van der Waals surface area contributed by atoms with Crippen LogP contribution >= 0.6 is 0 Å². The number of hydrogen-bond acceptors (Lipinski definition) is 3. The molecule has 4 heteroatoms. The summed E-state index contributed by atoms with van der Waals surface area (Å²) in [5.41, 5.74) is -0.352. The molecule has 1 saturated heterocycles. The lowest BCUT2D eigenvalue weighted by Gasteiger charge is -2.32. The molecule has 0 aromatic carbocycles. The first kappa shape index (κ1) is 14.8. The number of nitrogens with zero attached hydrogens (tertiary/aromatic N) is 1. The van der Waals surface area contributed by atoms with Gasteiger partial charge in [0.25, 0.3) is 0 Å². The maximum atomic E-state index is 12.5. The summed E-state index contributed by atoms with van der Waals surface area (Å²) >= 11 is 0. The van der Waals surface area contributed by atoms with E-state index in [0.29, 0.717) is 18.4 Å². The SMILES string of the molecule is COC(C)(C)CC(=O)N(CC1CCCNC1)C1CC1. The second kappa shape index (κ2) is 6.23. The standard InChI is InChI=1S/C15H28N2O2/c1-15(2,19-3)9-14(18)17(13-6-7-13)11-12-5-4-8-16-10-12/h12-13,16H,4-11H2,1-3H3. The third-order valence-electron chi connectivity index (χ3n) is 4.29. The van der Waals surface area contributed by atoms with Gasteiger partial charge in [0.2, 0.25) is 5.91 Å². The Morgan fingerprint density at radius 1 is 1.37 bits per heavy atom. The van der Waals surface area contributed by atoms with Crippen LogP contribution in [0.15, 0.2) is 0 Å². The first-order valence-corrected chi connectivity index (χ1v) is 7.57. The smallest absolute Gasteiger partial charge is 0.225 e. The second-order valence-corrected chi connectivity index (χ2v) is 6.63. The number of carbonyl (C=O) groups excluding carboxylic acids is 1. The van der Waals surface area contributed by atoms with E-state index in [4.69, 9.17) is 4.74 Å². The number of amides is 1. The zero-order valence-corrected chi connectivity index (χ0v) is 12.6. The first-order valence-electron chi connectivity index (χ1n) is 7.57. The fourth-order valence-corrected chi connectivity index (χ4v) is 2.74. The van der Waals surface area contributed by atoms with Gasteiger partial charge in [0.1, 0.15) is 0 Å². The monoisotopic (exact) mass is 268 g/mol. The van der Waals surface area contributed by atoms with Crippen molar-refractivity contribution in [2.24, 2.45) is 5.92 Å². The number of hydrogen-bond donors (Lipinski definition) is 1. The van der Waals surface area contributed by atoms with Crippen LogP contribution in [0, 0.1) is 5.92 Å². The zero-order valence-electron chi connectivity index (χ0n) is 12.6. The van der Waals surface area contributed by atoms with Gasteiger partial charge < -0.3 is 15.0 Å². The van der Waals surface area contributed by atoms with E-state index in [0.717, 1.165) is 19.6 Å². The van der Waals surface area contributed by atoms with Gasteiger partial charge in [0, 0.05) is 19.7 Å². The molecule has 1 unspecified atom stereocenters. The molecule has 0 spiro atoms. The number of carbonyl (C=O) groups is 1. The van der Waals surface area contributed by atoms with Gasteiger partial charge in [-0.3, -0.25) is 4.79 Å². The highest BCUT2D eigenvalue weighted by molar-refractivity contribution is 5.78. The Bertz CT molecular complexity index is 307. The van der Waals surface area contributed by atoms with Gasteiger partial charge in [-0.1, -0.05) is 0 Å². The van der Waals surface area contributed by atoms with Crippen LogP contribution in [0.3, 0.4) is 0 Å². The van der Waals surface area contributed by atoms with Crippen LogP contribution in [0.1, 0.15) is 46.0 Å². The molecule has 19 heavy (non-hydrogen) atoms. The van der Waals surface area contributed by atoms with Gasteiger partial charge in [-0.05, 0) is 58.5 Å². The molecule has 1 saturated carbocycles. The largest absolute Gasteiger partial charge is 0.378 e. The number of rotatable bonds is 6. The van der Waals surface area contributed by atoms with Crippen LogP contribution in [-0.4, -0.2) is 49.2 Å². The zero-order chi connectivity index (χ0) is 13.9. The minimum Gasteiger partial charge on any atom is -0.378 e. The molecule has 0 aromatic rings. The van der Waals surface area contributed by atoms with E-state index in [9.17, 15) is 4.79 Å². The maximum Gasteiger partial charge on any atom is 0.225 e. The van der Waals surface area contributed by atoms with Gasteiger partial charge in [0.05, 0.1) is 12.0 Å². The lowest BCUT2D eigenvalue weighted by atomic mass is 9.98. The molecule has 0 bridgehead atoms. The molecule has 1 aliphatic heterocycles. The summed E-state index contributed by atoms with van der Waals surface area (Å²) in [7, 11) is 1.68. The fourth-order valence-electron chi connectivity index (χ4n) is 2.74. The van der Waals surface area contributed by atoms with E-state index in [1.54, 1.807) is 7.11 Å². The topological polar surface area (TPSA) is 41.6 Å². The minimum atomic E-state index is -0.352. The van der Waals surface area contributed by atoms with Crippen molar-refractivity contribution < 1.29 is 9.53 Å². The fraction of sp³-hybridized carbons (Fsp3) is 0.933. The maximum absolute atomic E-state index is 12.5. The van der Waals surface area contributed by atoms with Crippen LogP contribution in [-0.2, 0) is 9.53 Å². The molecule has 4 nitrogen and oxygen atoms in total. The van der Waals surface area contributed by atoms with Gasteiger partial charge in [0.15, 0.2) is 0 Å². The van der Waals surface area contributed by atoms with Gasteiger partial charge >= 0.3 is 0 Å². The number of nitrogens with one attached hydrogen (secondary N) is 1. The van der Waals surface area contributed by atoms with Gasteiger partial charge in [-0.15, -0.1) is 0 Å². The molecule has 2 fully saturated rings. The van der Waals surface area contributed by atoms with Crippen molar-refractivity contribution in [1.29, 1.82) is 0 Å². The van der Waals surface area contributed by atoms with Crippen LogP contribution < -0.4 is 5.32 Å². The van der Waals surface area contributed by atoms with E-state index in [1.807, 2.05) is 13.8 Å². The quantitative estimate of drug-likeness (QED) is 0.798. The predicted octanol–water partition coefficient (Wildman–Crippen LogP) is 1.79. The van der Waals surface area contributed by atoms with Crippen molar-refractivity contribution in [2.75, 3.05) is 26.7 Å². The van der Waals surface area contributed by atoms with Crippen molar-refractivity contribution in [1.82, 2.24) is 10.2 Å². The van der Waals surface area contributed by atoms with Crippen molar-refractivity contribution >= 4 is 5.91 Å². The van der Waals surface area contributed by atoms with Crippen LogP contribution in [0.4, 0.5) is 0 Å². The lowest BCUT2D eigenvalue weighted by molar-refractivity contribution is -0.137. The Kier molecular flexibility index (Phi) is 4.85. The molecule has 1 amide bonds. The Balaban J connectivity index is 1.89. The van der Waals surface area contributed by atoms with E-state index >= 15 is 0 Å². The molecule has 2 aliphatic rings. The minimum absolute atomic E-state index is 0.264. The molecule has 1 atom stereocenters. The summed E-state index contributed by atoms with van der Waals surface area (Å²) in [6.07, 6.45) is 5.33. The summed E-state index contributed by atoms with van der Waals surface area (Å²) in [5, 5.41) is 3.44. The molecular formula is C15H28N2O2. The average molecular weight is 268 g/mol. The van der Waals surface area contributed by atoms with E-state index in [2.05, 4.69) is 10.2 Å². The molecule has 0 radical (unpaired) electrons. The Morgan fingerprint density at radius 2 is 2.11 bits per heavy atom. The molecule has 1 N–H and O–H groups in total. The summed E-state index contributed by atoms with van der Waals surface area (Å²) in [6.45, 7) is 7.08. The number of ether oxygens (including phenoxy) is 1. The Hall–Kier alpha value is -0.610. The van der Waals surface area contributed by atoms with Crippen LogP contribution in [0.25, 0.3) is 0 Å². The molecule has 2 rings (SSSR count). The summed E-state index contributed by atoms with van der Waals surface area (Å²) < 4.78 is 5.39. The normalized spacial score (nSPS) is 24.3. The van der Waals surface area contributed by atoms with Crippen molar-refractivity contribution in [3.05, 3.63) is 0 Å². The summed E-state index contributed by atoms with van der Waals surface area (Å²) in [6, 6.07) is 0.502. The number of methoxy groups -OCH3 is 1. The van der Waals surface area contributed by atoms with Gasteiger partial charge in [-0.2, -0.15) is 0 Å². The molecule has 1 heterocycles. The third kappa shape index (κ3) is 4.46. The number of piperidine rings is 1. The highest BCUT2D eigenvalue weighted by Crippen LogP contribution is 2.30. The Labute approximate surface area is 116 Å². The third-order valence-corrected chi connectivity index (χ3v) is 4.29. The van der Waals surface area contributed by atoms with Crippen LogP contribution in [0.2, 0.25) is 0 Å². The van der Waals surface area contributed by atoms with Crippen molar-refractivity contribution in [3.63, 3.8) is 0 Å². The predicted molar refractivity (Wildman–Crippen MR) is 76.0 cm³/mol. The van der Waals surface area contributed by atoms with Crippen molar-refractivity contribution in [3.8, 4) is 0 Å². The average Bonchev–Trinajstić information content (AvgIpc) is 3.21. The summed E-state index contributed by atoms with van der Waals surface area (Å²) in [4.78, 5) is 14.6. The highest BCUT2D eigenvalue weighted by Gasteiger charge is 2.36. The molecule has 0 aromatic heterocycles. The molecule has 110 valence electrons. The highest BCUT2D eigenvalue weighted by atomic mass is 16.5. The van der Waals surface area contributed by atoms with Crippen molar-refractivity contribution in [2.45, 2.75) is 57.6 Å².